The van der Waals surface area contributed by atoms with E-state index in [9.17, 15) is 19.8 Å². The second-order valence-corrected chi connectivity index (χ2v) is 13.4. The number of carbonyl (C=O) groups is 2. The largest absolute Gasteiger partial charge is 0.435 e. The third-order valence-corrected chi connectivity index (χ3v) is 9.97. The molecule has 4 heterocycles. The molecule has 3 aromatic rings. The lowest BCUT2D eigenvalue weighted by Gasteiger charge is -2.57. The molecule has 250 valence electrons. The highest BCUT2D eigenvalue weighted by molar-refractivity contribution is 5.93. The third-order valence-electron chi connectivity index (χ3n) is 9.97. The minimum Gasteiger partial charge on any atom is -0.435 e. The number of aryl methyl sites for hydroxylation is 1. The van der Waals surface area contributed by atoms with E-state index >= 15 is 0 Å². The van der Waals surface area contributed by atoms with E-state index in [0.29, 0.717) is 30.2 Å². The molecule has 1 aromatic carbocycles. The van der Waals surface area contributed by atoms with Crippen molar-refractivity contribution >= 4 is 29.2 Å². The average molecular weight is 646 g/mol. The van der Waals surface area contributed by atoms with Crippen molar-refractivity contribution < 1.29 is 34.0 Å². The standard InChI is InChI=1S/C35H43N5O7/c1-20-8-10-26-22(3)31(46-32-35(26,44)25(20)13-15-34(4,43)47-32)45-30(42)12-11-29(41)38-24-9-7-21(2)28(18-24)40-33-37-17-14-27(39-33)23-6-5-16-36-19-23/h5-7,9,14,16-20,22,25-26,31-32,43-44H,8,10-13,15H2,1-4H3,(H,38,41)(H,37,39,40)/t20-,22-,25+,26+,31+,32-,34-,35-/m1/s1. The van der Waals surface area contributed by atoms with Crippen molar-refractivity contribution in [1.29, 1.82) is 0 Å². The SMILES string of the molecule is Cc1ccc(NC(=O)CCC(=O)O[C@H]2O[C@@H]3O[C@@](C)(O)CC[C@H]4[C@H](C)CC[C@@H]([C@H]2C)[C@@]34O)cc1Nc1nccc(-c2cccnc2)n1. The number of carbonyl (C=O) groups excluding carboxylic acids is 2. The van der Waals surface area contributed by atoms with Gasteiger partial charge in [-0.3, -0.25) is 14.6 Å². The lowest BCUT2D eigenvalue weighted by Crippen LogP contribution is -2.67. The molecule has 8 atom stereocenters. The third kappa shape index (κ3) is 7.01. The van der Waals surface area contributed by atoms with Gasteiger partial charge in [0.1, 0.15) is 5.60 Å². The van der Waals surface area contributed by atoms with Crippen LogP contribution in [0.25, 0.3) is 11.3 Å². The highest BCUT2D eigenvalue weighted by Crippen LogP contribution is 2.55. The Labute approximate surface area is 274 Å². The van der Waals surface area contributed by atoms with E-state index in [0.717, 1.165) is 29.7 Å². The summed E-state index contributed by atoms with van der Waals surface area (Å²) in [5.41, 5.74) is 2.47. The van der Waals surface area contributed by atoms with Crippen LogP contribution in [0, 0.1) is 30.6 Å². The number of ether oxygens (including phenoxy) is 3. The van der Waals surface area contributed by atoms with Crippen LogP contribution in [0.1, 0.15) is 64.9 Å². The Balaban J connectivity index is 1.05. The molecule has 2 saturated heterocycles. The zero-order chi connectivity index (χ0) is 33.3. The van der Waals surface area contributed by atoms with E-state index in [1.807, 2.05) is 32.0 Å². The lowest BCUT2D eigenvalue weighted by molar-refractivity contribution is -0.403. The summed E-state index contributed by atoms with van der Waals surface area (Å²) in [6.45, 7) is 7.52. The average Bonchev–Trinajstić information content (AvgIpc) is 3.14. The molecular weight excluding hydrogens is 602 g/mol. The quantitative estimate of drug-likeness (QED) is 0.241. The van der Waals surface area contributed by atoms with Gasteiger partial charge in [-0.2, -0.15) is 0 Å². The maximum Gasteiger partial charge on any atom is 0.308 e. The Kier molecular flexibility index (Phi) is 9.30. The molecule has 12 nitrogen and oxygen atoms in total. The molecule has 3 aliphatic rings. The number of aliphatic hydroxyl groups is 2. The van der Waals surface area contributed by atoms with E-state index in [-0.39, 0.29) is 42.4 Å². The second-order valence-electron chi connectivity index (χ2n) is 13.4. The normalized spacial score (nSPS) is 31.6. The van der Waals surface area contributed by atoms with Crippen LogP contribution in [0.5, 0.6) is 0 Å². The fourth-order valence-electron chi connectivity index (χ4n) is 7.35. The van der Waals surface area contributed by atoms with Crippen molar-refractivity contribution in [2.75, 3.05) is 10.6 Å². The predicted molar refractivity (Wildman–Crippen MR) is 173 cm³/mol. The van der Waals surface area contributed by atoms with Crippen LogP contribution in [0.3, 0.4) is 0 Å². The van der Waals surface area contributed by atoms with E-state index < -0.39 is 29.9 Å². The number of benzene rings is 1. The predicted octanol–water partition coefficient (Wildman–Crippen LogP) is 5.08. The smallest absolute Gasteiger partial charge is 0.308 e. The molecule has 0 radical (unpaired) electrons. The number of rotatable bonds is 8. The van der Waals surface area contributed by atoms with Crippen molar-refractivity contribution in [3.8, 4) is 11.3 Å². The van der Waals surface area contributed by atoms with Crippen molar-refractivity contribution in [3.05, 3.63) is 60.6 Å². The molecule has 1 saturated carbocycles. The number of hydrogen-bond acceptors (Lipinski definition) is 11. The molecule has 0 unspecified atom stereocenters. The Morgan fingerprint density at radius 1 is 1.06 bits per heavy atom. The minimum absolute atomic E-state index is 0.103. The number of hydrogen-bond donors (Lipinski definition) is 4. The van der Waals surface area contributed by atoms with Gasteiger partial charge in [0.05, 0.1) is 12.1 Å². The van der Waals surface area contributed by atoms with Crippen LogP contribution < -0.4 is 10.6 Å². The van der Waals surface area contributed by atoms with E-state index in [2.05, 4.69) is 32.5 Å². The molecule has 12 heteroatoms. The van der Waals surface area contributed by atoms with Gasteiger partial charge in [0.2, 0.25) is 18.1 Å². The zero-order valence-electron chi connectivity index (χ0n) is 27.2. The van der Waals surface area contributed by atoms with Crippen LogP contribution in [-0.2, 0) is 23.8 Å². The zero-order valence-corrected chi connectivity index (χ0v) is 27.2. The van der Waals surface area contributed by atoms with Gasteiger partial charge < -0.3 is 35.1 Å². The molecule has 1 aliphatic carbocycles. The summed E-state index contributed by atoms with van der Waals surface area (Å²) < 4.78 is 17.7. The van der Waals surface area contributed by atoms with Gasteiger partial charge in [0, 0.05) is 60.2 Å². The number of anilines is 3. The van der Waals surface area contributed by atoms with E-state index in [1.165, 1.54) is 0 Å². The Bertz CT molecular complexity index is 1600. The van der Waals surface area contributed by atoms with Gasteiger partial charge in [-0.05, 0) is 80.8 Å². The number of aromatic nitrogens is 3. The minimum atomic E-state index is -1.47. The van der Waals surface area contributed by atoms with Gasteiger partial charge in [-0.25, -0.2) is 9.97 Å². The number of amides is 1. The number of nitrogens with zero attached hydrogens (tertiary/aromatic N) is 3. The summed E-state index contributed by atoms with van der Waals surface area (Å²) in [7, 11) is 0. The molecule has 1 amide bonds. The fraction of sp³-hybridized carbons (Fsp3) is 0.514. The first-order chi connectivity index (χ1) is 22.4. The first kappa shape index (κ1) is 33.0. The monoisotopic (exact) mass is 645 g/mol. The summed E-state index contributed by atoms with van der Waals surface area (Å²) >= 11 is 0. The molecule has 47 heavy (non-hydrogen) atoms. The Morgan fingerprint density at radius 2 is 1.89 bits per heavy atom. The maximum absolute atomic E-state index is 12.9. The molecule has 0 bridgehead atoms. The van der Waals surface area contributed by atoms with Crippen LogP contribution >= 0.6 is 0 Å². The number of nitrogens with one attached hydrogen (secondary N) is 2. The van der Waals surface area contributed by atoms with Crippen molar-refractivity contribution in [2.45, 2.75) is 90.2 Å². The summed E-state index contributed by atoms with van der Waals surface area (Å²) in [6, 6.07) is 11.0. The second kappa shape index (κ2) is 13.3. The van der Waals surface area contributed by atoms with Gasteiger partial charge in [-0.15, -0.1) is 0 Å². The molecule has 0 spiro atoms. The molecule has 4 N–H and O–H groups in total. The molecule has 3 fully saturated rings. The van der Waals surface area contributed by atoms with E-state index in [4.69, 9.17) is 14.2 Å². The van der Waals surface area contributed by atoms with Gasteiger partial charge in [-0.1, -0.05) is 19.9 Å². The Morgan fingerprint density at radius 3 is 2.68 bits per heavy atom. The van der Waals surface area contributed by atoms with Crippen LogP contribution in [-0.4, -0.2) is 61.0 Å². The Hall–Kier alpha value is -3.97. The lowest BCUT2D eigenvalue weighted by atomic mass is 9.58. The topological polar surface area (TPSA) is 165 Å². The highest BCUT2D eigenvalue weighted by Gasteiger charge is 2.64. The van der Waals surface area contributed by atoms with Gasteiger partial charge in [0.25, 0.3) is 0 Å². The van der Waals surface area contributed by atoms with Gasteiger partial charge >= 0.3 is 5.97 Å². The number of esters is 1. The molecule has 6 rings (SSSR count). The number of pyridine rings is 1. The molecular formula is C35H43N5O7. The van der Waals surface area contributed by atoms with Crippen LogP contribution in [0.2, 0.25) is 0 Å². The summed E-state index contributed by atoms with van der Waals surface area (Å²) in [5.74, 6) is -2.43. The molecule has 2 aromatic heterocycles. The summed E-state index contributed by atoms with van der Waals surface area (Å²) in [6.07, 6.45) is 5.34. The summed E-state index contributed by atoms with van der Waals surface area (Å²) in [4.78, 5) is 38.9. The maximum atomic E-state index is 12.9. The van der Waals surface area contributed by atoms with Crippen molar-refractivity contribution in [3.63, 3.8) is 0 Å². The van der Waals surface area contributed by atoms with Crippen molar-refractivity contribution in [2.24, 2.45) is 23.7 Å². The van der Waals surface area contributed by atoms with Crippen LogP contribution in [0.15, 0.2) is 55.0 Å². The fourth-order valence-corrected chi connectivity index (χ4v) is 7.35. The van der Waals surface area contributed by atoms with Crippen molar-refractivity contribution in [1.82, 2.24) is 15.0 Å². The van der Waals surface area contributed by atoms with E-state index in [1.54, 1.807) is 43.7 Å². The highest BCUT2D eigenvalue weighted by atomic mass is 16.8. The first-order valence-electron chi connectivity index (χ1n) is 16.3. The molecule has 2 aliphatic heterocycles. The summed E-state index contributed by atoms with van der Waals surface area (Å²) in [5, 5.41) is 28.9. The first-order valence-corrected chi connectivity index (χ1v) is 16.3. The van der Waals surface area contributed by atoms with Crippen LogP contribution in [0.4, 0.5) is 17.3 Å². The van der Waals surface area contributed by atoms with Gasteiger partial charge in [0.15, 0.2) is 12.1 Å².